The molecule has 5 heteroatoms. The summed E-state index contributed by atoms with van der Waals surface area (Å²) < 4.78 is 22.4. The van der Waals surface area contributed by atoms with Gasteiger partial charge in [0.2, 0.25) is 0 Å². The third kappa shape index (κ3) is 3.64. The Morgan fingerprint density at radius 1 is 1.40 bits per heavy atom. The van der Waals surface area contributed by atoms with Crippen LogP contribution in [0.3, 0.4) is 0 Å². The fourth-order valence-corrected chi connectivity index (χ4v) is 2.01. The lowest BCUT2D eigenvalue weighted by atomic mass is 10.1. The lowest BCUT2D eigenvalue weighted by Gasteiger charge is -2.01. The van der Waals surface area contributed by atoms with E-state index in [1.807, 2.05) is 0 Å². The molecule has 1 rings (SSSR count). The van der Waals surface area contributed by atoms with Crippen LogP contribution < -0.4 is 0 Å². The number of hydrogen-bond acceptors (Lipinski definition) is 3. The molecule has 0 fully saturated rings. The monoisotopic (exact) mass is 246 g/mol. The zero-order chi connectivity index (χ0) is 11.5. The molecule has 0 saturated carbocycles. The zero-order valence-electron chi connectivity index (χ0n) is 8.23. The van der Waals surface area contributed by atoms with Crippen molar-refractivity contribution >= 4 is 27.2 Å². The number of ketones is 1. The summed E-state index contributed by atoms with van der Waals surface area (Å²) >= 11 is 5.69. The minimum absolute atomic E-state index is 0.0285. The third-order valence-electron chi connectivity index (χ3n) is 1.94. The van der Waals surface area contributed by atoms with Crippen LogP contribution in [0.5, 0.6) is 0 Å². The van der Waals surface area contributed by atoms with Crippen molar-refractivity contribution in [3.8, 4) is 0 Å². The molecule has 1 aromatic carbocycles. The van der Waals surface area contributed by atoms with Gasteiger partial charge in [-0.15, -0.1) is 0 Å². The van der Waals surface area contributed by atoms with E-state index < -0.39 is 21.4 Å². The first-order valence-electron chi connectivity index (χ1n) is 4.44. The summed E-state index contributed by atoms with van der Waals surface area (Å²) in [4.78, 5) is 11.5. The van der Waals surface area contributed by atoms with E-state index in [2.05, 4.69) is 0 Å². The summed E-state index contributed by atoms with van der Waals surface area (Å²) in [5, 5.41) is 0.426. The van der Waals surface area contributed by atoms with Crippen LogP contribution in [-0.2, 0) is 9.84 Å². The molecule has 0 spiro atoms. The minimum Gasteiger partial charge on any atom is -0.293 e. The Balaban J connectivity index is 2.87. The number of hydrogen-bond donors (Lipinski definition) is 0. The predicted molar refractivity (Wildman–Crippen MR) is 60.1 cm³/mol. The SMILES string of the molecule is CCS(=O)(=O)CC(=O)c1cccc(Cl)c1. The maximum atomic E-state index is 11.5. The first kappa shape index (κ1) is 12.2. The molecule has 0 N–H and O–H groups in total. The van der Waals surface area contributed by atoms with Gasteiger partial charge < -0.3 is 0 Å². The summed E-state index contributed by atoms with van der Waals surface area (Å²) in [7, 11) is -3.27. The number of halogens is 1. The molecule has 0 atom stereocenters. The quantitative estimate of drug-likeness (QED) is 0.763. The Morgan fingerprint density at radius 3 is 2.60 bits per heavy atom. The van der Waals surface area contributed by atoms with Crippen LogP contribution in [0.4, 0.5) is 0 Å². The number of carbonyl (C=O) groups excluding carboxylic acids is 1. The maximum Gasteiger partial charge on any atom is 0.177 e. The van der Waals surface area contributed by atoms with Gasteiger partial charge in [0, 0.05) is 16.3 Å². The minimum atomic E-state index is -3.27. The summed E-state index contributed by atoms with van der Waals surface area (Å²) in [6.07, 6.45) is 0. The molecular formula is C10H11ClO3S. The highest BCUT2D eigenvalue weighted by atomic mass is 35.5. The highest BCUT2D eigenvalue weighted by molar-refractivity contribution is 7.92. The first-order chi connectivity index (χ1) is 6.94. The first-order valence-corrected chi connectivity index (χ1v) is 6.64. The molecule has 0 heterocycles. The Kier molecular flexibility index (Phi) is 3.88. The zero-order valence-corrected chi connectivity index (χ0v) is 9.81. The standard InChI is InChI=1S/C10H11ClO3S/c1-2-15(13,14)7-10(12)8-4-3-5-9(11)6-8/h3-6H,2,7H2,1H3. The number of benzene rings is 1. The fraction of sp³-hybridized carbons (Fsp3) is 0.300. The van der Waals surface area contributed by atoms with Crippen molar-refractivity contribution in [1.82, 2.24) is 0 Å². The van der Waals surface area contributed by atoms with E-state index in [1.165, 1.54) is 13.0 Å². The van der Waals surface area contributed by atoms with E-state index in [9.17, 15) is 13.2 Å². The van der Waals surface area contributed by atoms with Crippen LogP contribution >= 0.6 is 11.6 Å². The largest absolute Gasteiger partial charge is 0.293 e. The van der Waals surface area contributed by atoms with Crippen LogP contribution in [0.15, 0.2) is 24.3 Å². The van der Waals surface area contributed by atoms with Crippen LogP contribution in [0.25, 0.3) is 0 Å². The topological polar surface area (TPSA) is 51.2 Å². The van der Waals surface area contributed by atoms with Gasteiger partial charge in [0.25, 0.3) is 0 Å². The molecular weight excluding hydrogens is 236 g/mol. The van der Waals surface area contributed by atoms with Gasteiger partial charge in [-0.3, -0.25) is 4.79 Å². The van der Waals surface area contributed by atoms with Crippen LogP contribution in [0, 0.1) is 0 Å². The molecule has 0 aliphatic carbocycles. The summed E-state index contributed by atoms with van der Waals surface area (Å²) in [5.74, 6) is -0.900. The van der Waals surface area contributed by atoms with Crippen molar-refractivity contribution in [3.63, 3.8) is 0 Å². The predicted octanol–water partition coefficient (Wildman–Crippen LogP) is 1.96. The van der Waals surface area contributed by atoms with E-state index in [0.717, 1.165) is 0 Å². The lowest BCUT2D eigenvalue weighted by molar-refractivity contribution is 0.102. The molecule has 0 bridgehead atoms. The van der Waals surface area contributed by atoms with Crippen molar-refractivity contribution in [3.05, 3.63) is 34.9 Å². The van der Waals surface area contributed by atoms with E-state index in [1.54, 1.807) is 18.2 Å². The molecule has 0 saturated heterocycles. The average Bonchev–Trinajstić information content (AvgIpc) is 2.17. The number of carbonyl (C=O) groups is 1. The van der Waals surface area contributed by atoms with E-state index in [-0.39, 0.29) is 5.75 Å². The van der Waals surface area contributed by atoms with Gasteiger partial charge in [0.05, 0.1) is 0 Å². The second-order valence-electron chi connectivity index (χ2n) is 3.11. The molecule has 0 amide bonds. The van der Waals surface area contributed by atoms with Gasteiger partial charge >= 0.3 is 0 Å². The molecule has 0 aliphatic heterocycles. The van der Waals surface area contributed by atoms with Crippen molar-refractivity contribution in [1.29, 1.82) is 0 Å². The summed E-state index contributed by atoms with van der Waals surface area (Å²) in [5.41, 5.74) is 0.333. The summed E-state index contributed by atoms with van der Waals surface area (Å²) in [6.45, 7) is 1.51. The Hall–Kier alpha value is -0.870. The molecule has 0 radical (unpaired) electrons. The van der Waals surface area contributed by atoms with E-state index >= 15 is 0 Å². The maximum absolute atomic E-state index is 11.5. The van der Waals surface area contributed by atoms with Crippen molar-refractivity contribution in [2.75, 3.05) is 11.5 Å². The van der Waals surface area contributed by atoms with Gasteiger partial charge in [-0.1, -0.05) is 30.7 Å². The van der Waals surface area contributed by atoms with E-state index in [4.69, 9.17) is 11.6 Å². The van der Waals surface area contributed by atoms with E-state index in [0.29, 0.717) is 10.6 Å². The van der Waals surface area contributed by atoms with Crippen LogP contribution in [0.1, 0.15) is 17.3 Å². The Morgan fingerprint density at radius 2 is 2.07 bits per heavy atom. The van der Waals surface area contributed by atoms with Crippen molar-refractivity contribution in [2.45, 2.75) is 6.92 Å². The van der Waals surface area contributed by atoms with Gasteiger partial charge in [-0.25, -0.2) is 8.42 Å². The number of rotatable bonds is 4. The summed E-state index contributed by atoms with van der Waals surface area (Å²) in [6, 6.07) is 6.27. The number of Topliss-reactive ketones (excluding diaryl/α,β-unsaturated/α-hetero) is 1. The second-order valence-corrected chi connectivity index (χ2v) is 5.90. The Labute approximate surface area is 94.0 Å². The molecule has 15 heavy (non-hydrogen) atoms. The normalized spacial score (nSPS) is 11.3. The van der Waals surface area contributed by atoms with Crippen molar-refractivity contribution in [2.24, 2.45) is 0 Å². The molecule has 82 valence electrons. The molecule has 1 aromatic rings. The van der Waals surface area contributed by atoms with Crippen LogP contribution in [0.2, 0.25) is 5.02 Å². The lowest BCUT2D eigenvalue weighted by Crippen LogP contribution is -2.17. The average molecular weight is 247 g/mol. The third-order valence-corrected chi connectivity index (χ3v) is 3.75. The van der Waals surface area contributed by atoms with Gasteiger partial charge in [-0.2, -0.15) is 0 Å². The molecule has 0 aliphatic rings. The molecule has 0 aromatic heterocycles. The highest BCUT2D eigenvalue weighted by Crippen LogP contribution is 2.11. The number of sulfone groups is 1. The van der Waals surface area contributed by atoms with Gasteiger partial charge in [-0.05, 0) is 12.1 Å². The highest BCUT2D eigenvalue weighted by Gasteiger charge is 2.15. The van der Waals surface area contributed by atoms with Crippen molar-refractivity contribution < 1.29 is 13.2 Å². The second kappa shape index (κ2) is 4.77. The Bertz CT molecular complexity index is 465. The smallest absolute Gasteiger partial charge is 0.177 e. The fourth-order valence-electron chi connectivity index (χ4n) is 1.05. The molecule has 3 nitrogen and oxygen atoms in total. The van der Waals surface area contributed by atoms with Gasteiger partial charge in [0.15, 0.2) is 15.6 Å². The molecule has 0 unspecified atom stereocenters. The van der Waals surface area contributed by atoms with Crippen LogP contribution in [-0.4, -0.2) is 25.7 Å². The van der Waals surface area contributed by atoms with Gasteiger partial charge in [0.1, 0.15) is 5.75 Å².